The molecular formula is C40H35F2N3O3S. The molecule has 0 atom stereocenters. The van der Waals surface area contributed by atoms with Gasteiger partial charge in [-0.2, -0.15) is 0 Å². The molecule has 0 aliphatic heterocycles. The summed E-state index contributed by atoms with van der Waals surface area (Å²) >= 11 is 1.36. The van der Waals surface area contributed by atoms with E-state index in [0.29, 0.717) is 41.8 Å². The number of thiophene rings is 1. The minimum absolute atomic E-state index is 0.0724. The maximum Gasteiger partial charge on any atom is 0.201 e. The summed E-state index contributed by atoms with van der Waals surface area (Å²) in [6, 6.07) is 29.9. The second-order valence-corrected chi connectivity index (χ2v) is 13.1. The van der Waals surface area contributed by atoms with Crippen LogP contribution in [0.5, 0.6) is 0 Å². The van der Waals surface area contributed by atoms with Crippen LogP contribution < -0.4 is 10.7 Å². The Morgan fingerprint density at radius 2 is 1.47 bits per heavy atom. The van der Waals surface area contributed by atoms with Crippen LogP contribution >= 0.6 is 11.3 Å². The Morgan fingerprint density at radius 3 is 2.12 bits per heavy atom. The van der Waals surface area contributed by atoms with Crippen molar-refractivity contribution in [2.45, 2.75) is 33.0 Å². The zero-order valence-corrected chi connectivity index (χ0v) is 28.0. The van der Waals surface area contributed by atoms with Crippen LogP contribution in [0.4, 0.5) is 14.5 Å². The Labute approximate surface area is 287 Å². The number of nitrogens with one attached hydrogen (secondary N) is 1. The average molecular weight is 676 g/mol. The van der Waals surface area contributed by atoms with Gasteiger partial charge in [0.05, 0.1) is 17.5 Å². The third kappa shape index (κ3) is 7.58. The molecule has 0 radical (unpaired) electrons. The summed E-state index contributed by atoms with van der Waals surface area (Å²) in [6.45, 7) is 2.82. The molecule has 6 aromatic rings. The van der Waals surface area contributed by atoms with Gasteiger partial charge in [-0.3, -0.25) is 19.3 Å². The highest BCUT2D eigenvalue weighted by molar-refractivity contribution is 7.22. The van der Waals surface area contributed by atoms with Crippen LogP contribution in [0.25, 0.3) is 20.7 Å². The smallest absolute Gasteiger partial charge is 0.201 e. The van der Waals surface area contributed by atoms with Gasteiger partial charge in [-0.05, 0) is 54.9 Å². The van der Waals surface area contributed by atoms with E-state index in [4.69, 9.17) is 0 Å². The van der Waals surface area contributed by atoms with Crippen LogP contribution in [0.3, 0.4) is 0 Å². The van der Waals surface area contributed by atoms with E-state index in [0.717, 1.165) is 27.3 Å². The first-order valence-corrected chi connectivity index (χ1v) is 16.8. The van der Waals surface area contributed by atoms with Gasteiger partial charge < -0.3 is 9.88 Å². The zero-order chi connectivity index (χ0) is 34.5. The standard InChI is InChI=1S/C40H35F2N3O3S/c1-26(46)20-21-43-30-18-16-29(17-19-30)39-32(23-44(2)22-27-10-5-3-6-11-27)36-38(48)33(37(47)28-12-7-4-8-13-28)25-45(40(36)49-39)24-31-34(41)14-9-15-35(31)42/h3-19,25,43H,20-24H2,1-2H3. The summed E-state index contributed by atoms with van der Waals surface area (Å²) < 4.78 is 31.7. The van der Waals surface area contributed by atoms with Crippen molar-refractivity contribution in [1.29, 1.82) is 0 Å². The molecule has 248 valence electrons. The third-order valence-corrected chi connectivity index (χ3v) is 9.67. The molecule has 9 heteroatoms. The summed E-state index contributed by atoms with van der Waals surface area (Å²) in [6.07, 6.45) is 1.85. The number of halogens is 2. The lowest BCUT2D eigenvalue weighted by Crippen LogP contribution is -2.22. The number of pyridine rings is 1. The molecule has 2 heterocycles. The van der Waals surface area contributed by atoms with Gasteiger partial charge in [0.1, 0.15) is 22.2 Å². The molecule has 0 aliphatic carbocycles. The predicted molar refractivity (Wildman–Crippen MR) is 192 cm³/mol. The van der Waals surface area contributed by atoms with E-state index in [2.05, 4.69) is 10.2 Å². The summed E-state index contributed by atoms with van der Waals surface area (Å²) in [5, 5.41) is 3.61. The fraction of sp³-hybridized carbons (Fsp3) is 0.175. The van der Waals surface area contributed by atoms with Gasteiger partial charge in [0, 0.05) is 53.9 Å². The van der Waals surface area contributed by atoms with E-state index < -0.39 is 22.8 Å². The maximum absolute atomic E-state index is 15.0. The molecule has 0 saturated heterocycles. The maximum atomic E-state index is 15.0. The van der Waals surface area contributed by atoms with E-state index in [1.807, 2.05) is 61.6 Å². The van der Waals surface area contributed by atoms with Crippen molar-refractivity contribution < 1.29 is 18.4 Å². The van der Waals surface area contributed by atoms with Crippen LogP contribution in [0.2, 0.25) is 0 Å². The van der Waals surface area contributed by atoms with Gasteiger partial charge in [0.25, 0.3) is 0 Å². The summed E-state index contributed by atoms with van der Waals surface area (Å²) in [4.78, 5) is 43.2. The molecule has 0 saturated carbocycles. The minimum atomic E-state index is -0.713. The Bertz CT molecular complexity index is 2160. The van der Waals surface area contributed by atoms with E-state index in [1.54, 1.807) is 41.8 Å². The molecule has 0 unspecified atom stereocenters. The van der Waals surface area contributed by atoms with E-state index in [9.17, 15) is 14.4 Å². The first-order chi connectivity index (χ1) is 23.7. The number of carbonyl (C=O) groups is 2. The van der Waals surface area contributed by atoms with Gasteiger partial charge in [0.15, 0.2) is 5.78 Å². The second-order valence-electron chi connectivity index (χ2n) is 12.1. The zero-order valence-electron chi connectivity index (χ0n) is 27.2. The van der Waals surface area contributed by atoms with Gasteiger partial charge in [-0.1, -0.05) is 78.9 Å². The lowest BCUT2D eigenvalue weighted by molar-refractivity contribution is -0.116. The Morgan fingerprint density at radius 1 is 0.816 bits per heavy atom. The van der Waals surface area contributed by atoms with E-state index in [1.165, 1.54) is 35.7 Å². The Balaban J connectivity index is 1.54. The largest absolute Gasteiger partial charge is 0.385 e. The number of benzene rings is 4. The van der Waals surface area contributed by atoms with Crippen LogP contribution in [0.15, 0.2) is 114 Å². The third-order valence-electron chi connectivity index (χ3n) is 8.35. The van der Waals surface area contributed by atoms with Gasteiger partial charge >= 0.3 is 0 Å². The topological polar surface area (TPSA) is 71.4 Å². The highest BCUT2D eigenvalue weighted by Gasteiger charge is 2.25. The molecule has 6 rings (SSSR count). The fourth-order valence-corrected chi connectivity index (χ4v) is 7.19. The second kappa shape index (κ2) is 14.9. The normalized spacial score (nSPS) is 11.3. The van der Waals surface area contributed by atoms with E-state index >= 15 is 8.78 Å². The van der Waals surface area contributed by atoms with Crippen molar-refractivity contribution in [2.24, 2.45) is 0 Å². The Kier molecular flexibility index (Phi) is 10.2. The van der Waals surface area contributed by atoms with Crippen molar-refractivity contribution in [2.75, 3.05) is 18.9 Å². The number of Topliss-reactive ketones (excluding diaryl/α,β-unsaturated/α-hetero) is 1. The first-order valence-electron chi connectivity index (χ1n) is 16.0. The Hall–Kier alpha value is -5.25. The predicted octanol–water partition coefficient (Wildman–Crippen LogP) is 8.31. The molecule has 0 aliphatic rings. The van der Waals surface area contributed by atoms with Crippen LogP contribution in [-0.2, 0) is 24.4 Å². The van der Waals surface area contributed by atoms with Gasteiger partial charge in [-0.15, -0.1) is 11.3 Å². The number of hydrogen-bond donors (Lipinski definition) is 1. The van der Waals surface area contributed by atoms with Gasteiger partial charge in [-0.25, -0.2) is 8.78 Å². The first kappa shape index (κ1) is 33.6. The molecule has 1 N–H and O–H groups in total. The van der Waals surface area contributed by atoms with Crippen molar-refractivity contribution in [3.05, 3.63) is 159 Å². The molecule has 4 aromatic carbocycles. The fourth-order valence-electron chi connectivity index (χ4n) is 5.90. The number of carbonyl (C=O) groups excluding carboxylic acids is 2. The molecule has 0 fully saturated rings. The number of anilines is 1. The highest BCUT2D eigenvalue weighted by Crippen LogP contribution is 2.39. The van der Waals surface area contributed by atoms with Crippen molar-refractivity contribution >= 4 is 38.8 Å². The summed E-state index contributed by atoms with van der Waals surface area (Å²) in [7, 11) is 1.97. The number of ketones is 2. The molecule has 0 spiro atoms. The lowest BCUT2D eigenvalue weighted by atomic mass is 10.00. The number of aromatic nitrogens is 1. The highest BCUT2D eigenvalue weighted by atomic mass is 32.1. The summed E-state index contributed by atoms with van der Waals surface area (Å²) in [5.74, 6) is -1.79. The SMILES string of the molecule is CC(=O)CCNc1ccc(-c2sc3c(c2CN(C)Cc2ccccc2)c(=O)c(C(=O)c2ccccc2)cn3Cc2c(F)cccc2F)cc1. The molecule has 2 aromatic heterocycles. The molecule has 49 heavy (non-hydrogen) atoms. The minimum Gasteiger partial charge on any atom is -0.385 e. The lowest BCUT2D eigenvalue weighted by Gasteiger charge is -2.18. The summed E-state index contributed by atoms with van der Waals surface area (Å²) in [5.41, 5.74) is 3.20. The van der Waals surface area contributed by atoms with Crippen LogP contribution in [-0.4, -0.2) is 34.6 Å². The van der Waals surface area contributed by atoms with Gasteiger partial charge in [0.2, 0.25) is 5.43 Å². The molecule has 0 bridgehead atoms. The van der Waals surface area contributed by atoms with Crippen molar-refractivity contribution in [3.8, 4) is 10.4 Å². The van der Waals surface area contributed by atoms with Crippen molar-refractivity contribution in [1.82, 2.24) is 9.47 Å². The molecular weight excluding hydrogens is 641 g/mol. The monoisotopic (exact) mass is 675 g/mol. The van der Waals surface area contributed by atoms with Crippen LogP contribution in [0, 0.1) is 11.6 Å². The van der Waals surface area contributed by atoms with E-state index in [-0.39, 0.29) is 23.5 Å². The molecule has 0 amide bonds. The number of hydrogen-bond acceptors (Lipinski definition) is 6. The van der Waals surface area contributed by atoms with Crippen molar-refractivity contribution in [3.63, 3.8) is 0 Å². The molecule has 6 nitrogen and oxygen atoms in total. The number of fused-ring (bicyclic) bond motifs is 1. The number of nitrogens with zero attached hydrogens (tertiary/aromatic N) is 2. The quantitative estimate of drug-likeness (QED) is 0.125. The van der Waals surface area contributed by atoms with Crippen LogP contribution in [0.1, 0.15) is 46.0 Å². The average Bonchev–Trinajstić information content (AvgIpc) is 3.47. The number of rotatable bonds is 13.